The highest BCUT2D eigenvalue weighted by molar-refractivity contribution is 7.09. The number of carboxylic acid groups (broad SMARTS) is 1. The van der Waals surface area contributed by atoms with Crippen LogP contribution in [-0.2, 0) is 35.1 Å². The van der Waals surface area contributed by atoms with E-state index in [9.17, 15) is 29.1 Å². The van der Waals surface area contributed by atoms with Crippen LogP contribution >= 0.6 is 11.3 Å². The second-order valence-corrected chi connectivity index (χ2v) is 16.1. The maximum Gasteiger partial charge on any atom is 0.311 e. The largest absolute Gasteiger partial charge is 0.497 e. The molecule has 15 heteroatoms. The zero-order chi connectivity index (χ0) is 40.4. The number of piperidine rings is 1. The Morgan fingerprint density at radius 2 is 1.87 bits per heavy atom. The monoisotopic (exact) mass is 785 g/mol. The highest BCUT2D eigenvalue weighted by Gasteiger charge is 2.39. The van der Waals surface area contributed by atoms with Crippen molar-refractivity contribution in [2.75, 3.05) is 41.0 Å². The molecule has 0 unspecified atom stereocenters. The van der Waals surface area contributed by atoms with Crippen LogP contribution in [0.15, 0.2) is 23.6 Å². The first-order valence-corrected chi connectivity index (χ1v) is 20.2. The Balaban J connectivity index is 1.56. The number of esters is 1. The number of nitrogens with zero attached hydrogens (tertiary/aromatic N) is 3. The van der Waals surface area contributed by atoms with E-state index in [2.05, 4.69) is 15.6 Å². The molecule has 3 amide bonds. The third-order valence-electron chi connectivity index (χ3n) is 11.0. The van der Waals surface area contributed by atoms with E-state index >= 15 is 0 Å². The van der Waals surface area contributed by atoms with Gasteiger partial charge < -0.3 is 34.9 Å². The summed E-state index contributed by atoms with van der Waals surface area (Å²) in [6, 6.07) is 3.35. The summed E-state index contributed by atoms with van der Waals surface area (Å²) in [5, 5.41) is 18.1. The van der Waals surface area contributed by atoms with Crippen LogP contribution in [0, 0.1) is 11.8 Å². The van der Waals surface area contributed by atoms with Crippen LogP contribution < -0.4 is 15.4 Å². The van der Waals surface area contributed by atoms with E-state index in [1.807, 2.05) is 45.7 Å². The number of likely N-dealkylation sites (N-methyl/N-ethyl adjacent to an activating group) is 1. The topological polar surface area (TPSA) is 177 Å². The summed E-state index contributed by atoms with van der Waals surface area (Å²) in [5.41, 5.74) is 1.61. The number of benzene rings is 1. The number of carbonyl (C=O) groups is 5. The Morgan fingerprint density at radius 1 is 1.13 bits per heavy atom. The summed E-state index contributed by atoms with van der Waals surface area (Å²) in [4.78, 5) is 74.9. The second-order valence-electron chi connectivity index (χ2n) is 15.2. The molecule has 1 fully saturated rings. The lowest BCUT2D eigenvalue weighted by Gasteiger charge is -2.40. The van der Waals surface area contributed by atoms with Crippen molar-refractivity contribution in [2.24, 2.45) is 11.8 Å². The molecule has 2 heterocycles. The lowest BCUT2D eigenvalue weighted by molar-refractivity contribution is -0.150. The molecule has 0 radical (unpaired) electrons. The van der Waals surface area contributed by atoms with Gasteiger partial charge in [-0.3, -0.25) is 28.9 Å². The smallest absolute Gasteiger partial charge is 0.311 e. The number of likely N-dealkylation sites (tertiary alicyclic amines) is 1. The first kappa shape index (κ1) is 43.6. The van der Waals surface area contributed by atoms with E-state index in [-0.39, 0.29) is 61.4 Å². The van der Waals surface area contributed by atoms with Crippen LogP contribution in [0.25, 0.3) is 0 Å². The fourth-order valence-electron chi connectivity index (χ4n) is 7.64. The minimum Gasteiger partial charge on any atom is -0.497 e. The fourth-order valence-corrected chi connectivity index (χ4v) is 8.48. The lowest BCUT2D eigenvalue weighted by Crippen LogP contribution is -2.59. The number of aliphatic carboxylic acids is 1. The van der Waals surface area contributed by atoms with E-state index in [0.717, 1.165) is 31.4 Å². The molecule has 55 heavy (non-hydrogen) atoms. The number of amides is 3. The van der Waals surface area contributed by atoms with Crippen LogP contribution in [0.3, 0.4) is 0 Å². The Hall–Kier alpha value is -4.08. The van der Waals surface area contributed by atoms with Crippen molar-refractivity contribution in [3.8, 4) is 5.75 Å². The molecule has 2 aliphatic rings. The molecular formula is C40H59N5O9S. The van der Waals surface area contributed by atoms with Crippen molar-refractivity contribution in [1.82, 2.24) is 25.4 Å². The van der Waals surface area contributed by atoms with Gasteiger partial charge in [-0.15, -0.1) is 11.3 Å². The quantitative estimate of drug-likeness (QED) is 0.181. The first-order chi connectivity index (χ1) is 26.2. The molecule has 1 aromatic heterocycles. The summed E-state index contributed by atoms with van der Waals surface area (Å²) in [6.07, 6.45) is 3.34. The number of methoxy groups -OCH3 is 2. The maximum absolute atomic E-state index is 14.6. The molecule has 0 bridgehead atoms. The molecule has 0 saturated carbocycles. The van der Waals surface area contributed by atoms with Gasteiger partial charge in [-0.25, -0.2) is 4.98 Å². The lowest BCUT2D eigenvalue weighted by atomic mass is 9.80. The van der Waals surface area contributed by atoms with E-state index < -0.39 is 48.0 Å². The van der Waals surface area contributed by atoms with Crippen LogP contribution in [0.4, 0.5) is 0 Å². The van der Waals surface area contributed by atoms with Gasteiger partial charge in [-0.2, -0.15) is 0 Å². The van der Waals surface area contributed by atoms with Crippen LogP contribution in [0.5, 0.6) is 5.75 Å². The van der Waals surface area contributed by atoms with E-state index in [4.69, 9.17) is 14.2 Å². The van der Waals surface area contributed by atoms with Gasteiger partial charge in [-0.1, -0.05) is 46.6 Å². The van der Waals surface area contributed by atoms with Gasteiger partial charge >= 0.3 is 11.9 Å². The molecule has 2 aromatic rings. The molecule has 3 N–H and O–H groups in total. The molecule has 14 nitrogen and oxygen atoms in total. The van der Waals surface area contributed by atoms with Crippen molar-refractivity contribution in [3.05, 3.63) is 45.4 Å². The molecule has 304 valence electrons. The van der Waals surface area contributed by atoms with Gasteiger partial charge in [0.25, 0.3) is 5.91 Å². The van der Waals surface area contributed by atoms with Crippen molar-refractivity contribution < 1.29 is 43.3 Å². The third-order valence-corrected chi connectivity index (χ3v) is 11.9. The Kier molecular flexibility index (Phi) is 16.0. The van der Waals surface area contributed by atoms with Gasteiger partial charge in [0.1, 0.15) is 22.5 Å². The number of fused-ring (bicyclic) bond motifs is 1. The molecule has 7 atom stereocenters. The standard InChI is InChI=1S/C40H59N5O9S/c1-9-24(4)35(43-37(48)32-12-10-11-15-44(32)6)39(49)45(16-17-52-7)33(23(2)3)21-34(54-25(5)46)38-42-31(22-55-38)36(47)41-27-18-26-13-14-28(53-8)20-29(26)30(19-27)40(50)51/h13-14,20,22-24,27,30,32-35H,9-12,15-19,21H2,1-8H3,(H,41,47)(H,43,48)(H,50,51)/t24-,27-,30+,32+,33+,34+,35-/m0/s1. The predicted octanol–water partition coefficient (Wildman–Crippen LogP) is 4.57. The maximum atomic E-state index is 14.6. The van der Waals surface area contributed by atoms with E-state index in [1.54, 1.807) is 29.5 Å². The number of aromatic nitrogens is 1. The predicted molar refractivity (Wildman–Crippen MR) is 208 cm³/mol. The minimum atomic E-state index is -0.985. The number of rotatable bonds is 18. The Bertz CT molecular complexity index is 1650. The average Bonchev–Trinajstić information content (AvgIpc) is 3.66. The molecule has 1 saturated heterocycles. The summed E-state index contributed by atoms with van der Waals surface area (Å²) in [7, 11) is 5.03. The number of ether oxygens (including phenoxy) is 3. The van der Waals surface area contributed by atoms with Crippen molar-refractivity contribution >= 4 is 41.0 Å². The van der Waals surface area contributed by atoms with Crippen molar-refractivity contribution in [2.45, 2.75) is 116 Å². The molecular weight excluding hydrogens is 727 g/mol. The van der Waals surface area contributed by atoms with Crippen molar-refractivity contribution in [1.29, 1.82) is 0 Å². The van der Waals surface area contributed by atoms with Crippen LogP contribution in [0.1, 0.15) is 112 Å². The second kappa shape index (κ2) is 20.2. The summed E-state index contributed by atoms with van der Waals surface area (Å²) >= 11 is 1.17. The van der Waals surface area contributed by atoms with Gasteiger partial charge in [0.15, 0.2) is 6.10 Å². The molecule has 1 aliphatic heterocycles. The highest BCUT2D eigenvalue weighted by Crippen LogP contribution is 2.35. The molecule has 1 aromatic carbocycles. The fraction of sp³-hybridized carbons (Fsp3) is 0.650. The van der Waals surface area contributed by atoms with Gasteiger partial charge in [0.05, 0.1) is 25.7 Å². The van der Waals surface area contributed by atoms with E-state index in [0.29, 0.717) is 29.2 Å². The zero-order valence-corrected chi connectivity index (χ0v) is 34.3. The zero-order valence-electron chi connectivity index (χ0n) is 33.5. The van der Waals surface area contributed by atoms with Gasteiger partial charge in [-0.05, 0) is 74.4 Å². The number of hydrogen-bond acceptors (Lipinski definition) is 11. The van der Waals surface area contributed by atoms with Gasteiger partial charge in [0, 0.05) is 44.5 Å². The van der Waals surface area contributed by atoms with Crippen molar-refractivity contribution in [3.63, 3.8) is 0 Å². The summed E-state index contributed by atoms with van der Waals surface area (Å²) < 4.78 is 16.6. The number of carboxylic acids is 1. The Labute approximate surface area is 328 Å². The summed E-state index contributed by atoms with van der Waals surface area (Å²) in [5.74, 6) is -2.88. The van der Waals surface area contributed by atoms with Crippen LogP contribution in [0.2, 0.25) is 0 Å². The first-order valence-electron chi connectivity index (χ1n) is 19.3. The molecule has 0 spiro atoms. The molecule has 1 aliphatic carbocycles. The average molecular weight is 786 g/mol. The number of hydrogen-bond donors (Lipinski definition) is 3. The third kappa shape index (κ3) is 11.3. The number of nitrogens with one attached hydrogen (secondary N) is 2. The highest BCUT2D eigenvalue weighted by atomic mass is 32.1. The Morgan fingerprint density at radius 3 is 2.49 bits per heavy atom. The summed E-state index contributed by atoms with van der Waals surface area (Å²) in [6.45, 7) is 10.6. The SMILES string of the molecule is CC[C@H](C)[C@H](NC(=O)[C@H]1CCCCN1C)C(=O)N(CCOC)[C@H](C[C@@H](OC(C)=O)c1nc(C(=O)N[C@H]2Cc3ccc(OC)cc3[C@H](C(=O)O)C2)cs1)C(C)C. The van der Waals surface area contributed by atoms with Gasteiger partial charge in [0.2, 0.25) is 11.8 Å². The van der Waals surface area contributed by atoms with Crippen LogP contribution in [-0.4, -0.2) is 115 Å². The minimum absolute atomic E-state index is 0.101. The normalized spacial score (nSPS) is 20.7. The van der Waals surface area contributed by atoms with E-state index in [1.165, 1.54) is 25.4 Å². The molecule has 4 rings (SSSR count). The number of carbonyl (C=O) groups excluding carboxylic acids is 4. The number of thiazole rings is 1.